The Morgan fingerprint density at radius 1 is 1.53 bits per heavy atom. The molecule has 0 spiro atoms. The molecule has 0 aromatic carbocycles. The summed E-state index contributed by atoms with van der Waals surface area (Å²) in [5, 5.41) is 11.5. The molecular formula is C11H21NO4S. The van der Waals surface area contributed by atoms with Gasteiger partial charge >= 0.3 is 5.97 Å². The van der Waals surface area contributed by atoms with E-state index in [0.717, 1.165) is 6.26 Å². The first-order chi connectivity index (χ1) is 7.70. The molecule has 100 valence electrons. The summed E-state index contributed by atoms with van der Waals surface area (Å²) in [4.78, 5) is 11.5. The predicted octanol–water partition coefficient (Wildman–Crippen LogP) is 0.652. The maximum atomic E-state index is 11.7. The van der Waals surface area contributed by atoms with Gasteiger partial charge in [-0.15, -0.1) is 0 Å². The minimum absolute atomic E-state index is 0.284. The number of sulfone groups is 1. The Hall–Kier alpha value is -0.620. The third-order valence-electron chi connectivity index (χ3n) is 3.31. The zero-order valence-corrected chi connectivity index (χ0v) is 11.4. The normalized spacial score (nSPS) is 29.8. The molecule has 0 aromatic rings. The maximum Gasteiger partial charge on any atom is 0.325 e. The first-order valence-corrected chi connectivity index (χ1v) is 7.83. The van der Waals surface area contributed by atoms with Crippen LogP contribution in [0.5, 0.6) is 0 Å². The molecule has 5 nitrogen and oxygen atoms in total. The quantitative estimate of drug-likeness (QED) is 0.761. The number of carboxylic acids is 1. The number of carboxylic acid groups (broad SMARTS) is 1. The Bertz CT molecular complexity index is 390. The Morgan fingerprint density at radius 3 is 2.53 bits per heavy atom. The van der Waals surface area contributed by atoms with Crippen molar-refractivity contribution in [2.24, 2.45) is 5.92 Å². The van der Waals surface area contributed by atoms with Crippen molar-refractivity contribution < 1.29 is 18.3 Å². The molecule has 0 amide bonds. The number of nitrogens with one attached hydrogen (secondary N) is 1. The Labute approximate surface area is 103 Å². The van der Waals surface area contributed by atoms with E-state index in [1.165, 1.54) is 0 Å². The zero-order chi connectivity index (χ0) is 13.3. The van der Waals surface area contributed by atoms with Crippen LogP contribution in [0.3, 0.4) is 0 Å². The van der Waals surface area contributed by atoms with E-state index in [1.807, 2.05) is 13.8 Å². The molecule has 1 rings (SSSR count). The van der Waals surface area contributed by atoms with Gasteiger partial charge in [-0.3, -0.25) is 4.79 Å². The van der Waals surface area contributed by atoms with Crippen molar-refractivity contribution in [1.82, 2.24) is 5.32 Å². The van der Waals surface area contributed by atoms with Crippen molar-refractivity contribution in [3.05, 3.63) is 0 Å². The lowest BCUT2D eigenvalue weighted by atomic mass is 9.96. The molecule has 0 heterocycles. The molecular weight excluding hydrogens is 242 g/mol. The summed E-state index contributed by atoms with van der Waals surface area (Å²) in [6.07, 6.45) is 2.57. The molecule has 2 N–H and O–H groups in total. The predicted molar refractivity (Wildman–Crippen MR) is 65.7 cm³/mol. The van der Waals surface area contributed by atoms with Crippen LogP contribution in [-0.4, -0.2) is 43.1 Å². The Morgan fingerprint density at radius 2 is 2.12 bits per heavy atom. The molecule has 0 aromatic heterocycles. The van der Waals surface area contributed by atoms with E-state index < -0.39 is 26.6 Å². The van der Waals surface area contributed by atoms with Crippen LogP contribution in [0, 0.1) is 5.92 Å². The molecule has 2 unspecified atom stereocenters. The number of rotatable bonds is 5. The van der Waals surface area contributed by atoms with E-state index >= 15 is 0 Å². The van der Waals surface area contributed by atoms with Crippen LogP contribution in [0.15, 0.2) is 0 Å². The molecule has 0 radical (unpaired) electrons. The summed E-state index contributed by atoms with van der Waals surface area (Å²) in [5.41, 5.74) is -1.29. The molecule has 0 aliphatic heterocycles. The molecule has 2 atom stereocenters. The van der Waals surface area contributed by atoms with Gasteiger partial charge in [0, 0.05) is 6.26 Å². The average Bonchev–Trinajstić information content (AvgIpc) is 2.58. The van der Waals surface area contributed by atoms with E-state index in [4.69, 9.17) is 0 Å². The first-order valence-electron chi connectivity index (χ1n) is 5.87. The van der Waals surface area contributed by atoms with E-state index in [9.17, 15) is 18.3 Å². The smallest absolute Gasteiger partial charge is 0.325 e. The second-order valence-electron chi connectivity index (χ2n) is 5.26. The van der Waals surface area contributed by atoms with Gasteiger partial charge in [-0.1, -0.05) is 13.8 Å². The third-order valence-corrected chi connectivity index (χ3v) is 4.98. The monoisotopic (exact) mass is 263 g/mol. The van der Waals surface area contributed by atoms with Crippen LogP contribution in [0.25, 0.3) is 0 Å². The second kappa shape index (κ2) is 4.94. The molecule has 1 fully saturated rings. The first kappa shape index (κ1) is 14.4. The highest BCUT2D eigenvalue weighted by Crippen LogP contribution is 2.35. The summed E-state index contributed by atoms with van der Waals surface area (Å²) in [6.45, 7) is 4.44. The Balaban J connectivity index is 3.02. The lowest BCUT2D eigenvalue weighted by Gasteiger charge is -2.32. The van der Waals surface area contributed by atoms with Crippen LogP contribution < -0.4 is 5.32 Å². The summed E-state index contributed by atoms with van der Waals surface area (Å²) >= 11 is 0. The highest BCUT2D eigenvalue weighted by molar-refractivity contribution is 7.91. The molecule has 1 aliphatic rings. The van der Waals surface area contributed by atoms with Crippen LogP contribution in [0.4, 0.5) is 0 Å². The minimum Gasteiger partial charge on any atom is -0.480 e. The summed E-state index contributed by atoms with van der Waals surface area (Å²) in [5.74, 6) is -0.766. The number of carbonyl (C=O) groups is 1. The van der Waals surface area contributed by atoms with E-state index in [-0.39, 0.29) is 5.92 Å². The maximum absolute atomic E-state index is 11.7. The highest BCUT2D eigenvalue weighted by atomic mass is 32.2. The van der Waals surface area contributed by atoms with Crippen molar-refractivity contribution in [3.8, 4) is 0 Å². The number of hydrogen-bond acceptors (Lipinski definition) is 4. The van der Waals surface area contributed by atoms with Crippen molar-refractivity contribution in [1.29, 1.82) is 0 Å². The Kier molecular flexibility index (Phi) is 4.19. The molecule has 6 heteroatoms. The molecule has 1 saturated carbocycles. The van der Waals surface area contributed by atoms with Gasteiger partial charge in [-0.25, -0.2) is 8.42 Å². The third kappa shape index (κ3) is 2.98. The SMILES string of the molecule is CC(C)CNC1(C(=O)O)CCCC1S(C)(=O)=O. The minimum atomic E-state index is -3.35. The van der Waals surface area contributed by atoms with E-state index in [1.54, 1.807) is 0 Å². The van der Waals surface area contributed by atoms with Gasteiger partial charge in [0.2, 0.25) is 0 Å². The van der Waals surface area contributed by atoms with Gasteiger partial charge in [0.1, 0.15) is 5.54 Å². The van der Waals surface area contributed by atoms with Gasteiger partial charge in [-0.05, 0) is 31.7 Å². The summed E-state index contributed by atoms with van der Waals surface area (Å²) in [6, 6.07) is 0. The van der Waals surface area contributed by atoms with Crippen LogP contribution in [0.2, 0.25) is 0 Å². The second-order valence-corrected chi connectivity index (χ2v) is 7.49. The van der Waals surface area contributed by atoms with Crippen LogP contribution in [0.1, 0.15) is 33.1 Å². The van der Waals surface area contributed by atoms with Crippen molar-refractivity contribution in [3.63, 3.8) is 0 Å². The topological polar surface area (TPSA) is 83.5 Å². The molecule has 0 saturated heterocycles. The van der Waals surface area contributed by atoms with Crippen LogP contribution in [-0.2, 0) is 14.6 Å². The fourth-order valence-corrected chi connectivity index (χ4v) is 4.09. The van der Waals surface area contributed by atoms with Crippen molar-refractivity contribution in [2.45, 2.75) is 43.9 Å². The fraction of sp³-hybridized carbons (Fsp3) is 0.909. The standard InChI is InChI=1S/C11H21NO4S/c1-8(2)7-12-11(10(13)14)6-4-5-9(11)17(3,15)16/h8-9,12H,4-7H2,1-3H3,(H,13,14). The summed E-state index contributed by atoms with van der Waals surface area (Å²) in [7, 11) is -3.35. The summed E-state index contributed by atoms with van der Waals surface area (Å²) < 4.78 is 23.4. The van der Waals surface area contributed by atoms with E-state index in [0.29, 0.717) is 25.8 Å². The van der Waals surface area contributed by atoms with Gasteiger partial charge in [0.25, 0.3) is 0 Å². The van der Waals surface area contributed by atoms with Gasteiger partial charge < -0.3 is 10.4 Å². The number of aliphatic carboxylic acids is 1. The van der Waals surface area contributed by atoms with Gasteiger partial charge in [-0.2, -0.15) is 0 Å². The van der Waals surface area contributed by atoms with Crippen LogP contribution >= 0.6 is 0 Å². The fourth-order valence-electron chi connectivity index (χ4n) is 2.46. The zero-order valence-electron chi connectivity index (χ0n) is 10.6. The lowest BCUT2D eigenvalue weighted by Crippen LogP contribution is -2.60. The molecule has 0 bridgehead atoms. The average molecular weight is 263 g/mol. The van der Waals surface area contributed by atoms with Crippen molar-refractivity contribution in [2.75, 3.05) is 12.8 Å². The highest BCUT2D eigenvalue weighted by Gasteiger charge is 2.53. The largest absolute Gasteiger partial charge is 0.480 e. The number of hydrogen-bond donors (Lipinski definition) is 2. The molecule has 1 aliphatic carbocycles. The van der Waals surface area contributed by atoms with Crippen molar-refractivity contribution >= 4 is 15.8 Å². The lowest BCUT2D eigenvalue weighted by molar-refractivity contribution is -0.144. The van der Waals surface area contributed by atoms with Gasteiger partial charge in [0.15, 0.2) is 9.84 Å². The molecule has 17 heavy (non-hydrogen) atoms. The van der Waals surface area contributed by atoms with Gasteiger partial charge in [0.05, 0.1) is 5.25 Å². The van der Waals surface area contributed by atoms with E-state index in [2.05, 4.69) is 5.32 Å².